The number of rotatable bonds is 7. The Kier molecular flexibility index (Phi) is 6.77. The highest BCUT2D eigenvalue weighted by molar-refractivity contribution is 5.99. The third kappa shape index (κ3) is 4.57. The summed E-state index contributed by atoms with van der Waals surface area (Å²) in [4.78, 5) is 18.5. The Morgan fingerprint density at radius 3 is 2.50 bits per heavy atom. The molecule has 0 unspecified atom stereocenters. The fourth-order valence-electron chi connectivity index (χ4n) is 4.00. The Morgan fingerprint density at radius 2 is 1.82 bits per heavy atom. The van der Waals surface area contributed by atoms with E-state index in [1.54, 1.807) is 26.2 Å². The van der Waals surface area contributed by atoms with Crippen LogP contribution in [0.25, 0.3) is 22.6 Å². The predicted molar refractivity (Wildman–Crippen MR) is 132 cm³/mol. The van der Waals surface area contributed by atoms with Crippen LogP contribution in [0.3, 0.4) is 0 Å². The molecule has 0 spiro atoms. The van der Waals surface area contributed by atoms with Crippen LogP contribution in [0.1, 0.15) is 41.5 Å². The van der Waals surface area contributed by atoms with E-state index in [1.165, 1.54) is 6.07 Å². The van der Waals surface area contributed by atoms with Crippen molar-refractivity contribution in [3.63, 3.8) is 0 Å². The number of carbonyl (C=O) groups excluding carboxylic acids is 1. The molecular weight excluding hydrogens is 429 g/mol. The molecule has 4 aromatic rings. The van der Waals surface area contributed by atoms with Crippen LogP contribution in [0.2, 0.25) is 0 Å². The van der Waals surface area contributed by atoms with Crippen LogP contribution in [-0.2, 0) is 6.54 Å². The number of aryl methyl sites for hydroxylation is 1. The van der Waals surface area contributed by atoms with Gasteiger partial charge in [-0.05, 0) is 50.1 Å². The first-order chi connectivity index (χ1) is 16.4. The summed E-state index contributed by atoms with van der Waals surface area (Å²) in [6.07, 6.45) is 0. The van der Waals surface area contributed by atoms with Gasteiger partial charge < -0.3 is 14.6 Å². The minimum Gasteiger partial charge on any atom is -0.497 e. The number of hydrogen-bond donors (Lipinski definition) is 1. The minimum absolute atomic E-state index is 0.273. The first-order valence-corrected chi connectivity index (χ1v) is 11.3. The summed E-state index contributed by atoms with van der Waals surface area (Å²) < 4.78 is 21.7. The Balaban J connectivity index is 1.81. The van der Waals surface area contributed by atoms with Crippen LogP contribution in [0.4, 0.5) is 4.39 Å². The highest BCUT2D eigenvalue weighted by Gasteiger charge is 2.26. The summed E-state index contributed by atoms with van der Waals surface area (Å²) in [5.41, 5.74) is 3.76. The Morgan fingerprint density at radius 1 is 1.06 bits per heavy atom. The summed E-state index contributed by atoms with van der Waals surface area (Å²) in [6.45, 7) is 6.13. The highest BCUT2D eigenvalue weighted by Crippen LogP contribution is 2.31. The second kappa shape index (κ2) is 9.91. The first kappa shape index (κ1) is 23.2. The molecule has 5 nitrogen and oxygen atoms in total. The summed E-state index contributed by atoms with van der Waals surface area (Å²) in [6, 6.07) is 22.0. The predicted octanol–water partition coefficient (Wildman–Crippen LogP) is 6.18. The number of methoxy groups -OCH3 is 1. The molecule has 1 amide bonds. The summed E-state index contributed by atoms with van der Waals surface area (Å²) in [5.74, 6) is 0.779. The molecule has 34 heavy (non-hydrogen) atoms. The van der Waals surface area contributed by atoms with Crippen molar-refractivity contribution in [1.82, 2.24) is 14.9 Å². The average Bonchev–Trinajstić information content (AvgIpc) is 3.26. The summed E-state index contributed by atoms with van der Waals surface area (Å²) >= 11 is 0. The second-order valence-electron chi connectivity index (χ2n) is 8.18. The molecule has 0 fully saturated rings. The molecule has 0 saturated carbocycles. The van der Waals surface area contributed by atoms with Gasteiger partial charge in [0, 0.05) is 17.7 Å². The lowest BCUT2D eigenvalue weighted by atomic mass is 10.1. The lowest BCUT2D eigenvalue weighted by Crippen LogP contribution is -2.29. The van der Waals surface area contributed by atoms with Gasteiger partial charge >= 0.3 is 0 Å². The van der Waals surface area contributed by atoms with Gasteiger partial charge in [-0.25, -0.2) is 9.37 Å². The molecule has 1 atom stereocenters. The van der Waals surface area contributed by atoms with Crippen LogP contribution in [0, 0.1) is 12.7 Å². The number of ether oxygens (including phenoxy) is 1. The lowest BCUT2D eigenvalue weighted by molar-refractivity contribution is 0.0931. The van der Waals surface area contributed by atoms with Crippen molar-refractivity contribution in [3.8, 4) is 28.4 Å². The van der Waals surface area contributed by atoms with Crippen molar-refractivity contribution in [2.75, 3.05) is 7.11 Å². The zero-order valence-electron chi connectivity index (χ0n) is 19.8. The van der Waals surface area contributed by atoms with Gasteiger partial charge in [0.25, 0.3) is 5.91 Å². The van der Waals surface area contributed by atoms with Crippen LogP contribution < -0.4 is 10.1 Å². The summed E-state index contributed by atoms with van der Waals surface area (Å²) in [7, 11) is 1.61. The van der Waals surface area contributed by atoms with Crippen LogP contribution in [0.15, 0.2) is 72.8 Å². The zero-order valence-corrected chi connectivity index (χ0v) is 19.8. The van der Waals surface area contributed by atoms with Gasteiger partial charge in [0.15, 0.2) is 0 Å². The molecule has 4 rings (SSSR count). The SMILES string of the molecule is CCn1c(-c2ccccc2)nc(-c2ccc(C)c(F)c2)c1C(=O)N[C@@H](C)c1cccc(OC)c1. The van der Waals surface area contributed by atoms with E-state index in [0.29, 0.717) is 34.9 Å². The standard InChI is InChI=1S/C28H28FN3O2/c1-5-32-26(28(33)30-19(3)21-12-9-13-23(16-21)34-4)25(22-15-14-18(2)24(29)17-22)31-27(32)20-10-7-6-8-11-20/h6-17,19H,5H2,1-4H3,(H,30,33)/t19-/m0/s1. The summed E-state index contributed by atoms with van der Waals surface area (Å²) in [5, 5.41) is 3.09. The topological polar surface area (TPSA) is 56.2 Å². The van der Waals surface area contributed by atoms with Crippen LogP contribution >= 0.6 is 0 Å². The van der Waals surface area contributed by atoms with E-state index in [4.69, 9.17) is 9.72 Å². The van der Waals surface area contributed by atoms with E-state index in [0.717, 1.165) is 16.9 Å². The molecule has 174 valence electrons. The molecule has 0 aliphatic rings. The molecule has 3 aromatic carbocycles. The number of nitrogens with zero attached hydrogens (tertiary/aromatic N) is 2. The van der Waals surface area contributed by atoms with E-state index < -0.39 is 0 Å². The average molecular weight is 458 g/mol. The van der Waals surface area contributed by atoms with E-state index in [2.05, 4.69) is 5.32 Å². The number of carbonyl (C=O) groups is 1. The van der Waals surface area contributed by atoms with E-state index >= 15 is 0 Å². The largest absolute Gasteiger partial charge is 0.497 e. The van der Waals surface area contributed by atoms with Crippen molar-refractivity contribution in [3.05, 3.63) is 95.4 Å². The van der Waals surface area contributed by atoms with E-state index in [1.807, 2.05) is 73.0 Å². The van der Waals surface area contributed by atoms with Crippen molar-refractivity contribution in [2.45, 2.75) is 33.4 Å². The number of benzene rings is 3. The number of amides is 1. The fraction of sp³-hybridized carbons (Fsp3) is 0.214. The van der Waals surface area contributed by atoms with Gasteiger partial charge in [-0.2, -0.15) is 0 Å². The maximum Gasteiger partial charge on any atom is 0.270 e. The molecule has 6 heteroatoms. The first-order valence-electron chi connectivity index (χ1n) is 11.3. The van der Waals surface area contributed by atoms with Gasteiger partial charge in [-0.3, -0.25) is 4.79 Å². The quantitative estimate of drug-likeness (QED) is 0.360. The molecule has 1 N–H and O–H groups in total. The van der Waals surface area contributed by atoms with Gasteiger partial charge in [-0.1, -0.05) is 54.6 Å². The number of aromatic nitrogens is 2. The van der Waals surface area contributed by atoms with Crippen LogP contribution in [0.5, 0.6) is 5.75 Å². The number of halogens is 1. The number of imidazole rings is 1. The third-order valence-electron chi connectivity index (χ3n) is 5.92. The van der Waals surface area contributed by atoms with Gasteiger partial charge in [0.2, 0.25) is 0 Å². The minimum atomic E-state index is -0.332. The van der Waals surface area contributed by atoms with E-state index in [-0.39, 0.29) is 17.8 Å². The maximum atomic E-state index is 14.5. The molecule has 0 aliphatic carbocycles. The zero-order chi connectivity index (χ0) is 24.2. The van der Waals surface area contributed by atoms with Gasteiger partial charge in [0.05, 0.1) is 13.2 Å². The molecule has 1 heterocycles. The molecule has 1 aromatic heterocycles. The molecule has 0 aliphatic heterocycles. The fourth-order valence-corrected chi connectivity index (χ4v) is 4.00. The third-order valence-corrected chi connectivity index (χ3v) is 5.92. The normalized spacial score (nSPS) is 11.8. The molecule has 0 saturated heterocycles. The smallest absolute Gasteiger partial charge is 0.270 e. The lowest BCUT2D eigenvalue weighted by Gasteiger charge is -2.17. The van der Waals surface area contributed by atoms with Crippen molar-refractivity contribution < 1.29 is 13.9 Å². The Labute approximate surface area is 199 Å². The number of hydrogen-bond acceptors (Lipinski definition) is 3. The highest BCUT2D eigenvalue weighted by atomic mass is 19.1. The van der Waals surface area contributed by atoms with Crippen LogP contribution in [-0.4, -0.2) is 22.6 Å². The Bertz CT molecular complexity index is 1310. The van der Waals surface area contributed by atoms with Gasteiger partial charge in [-0.15, -0.1) is 0 Å². The molecular formula is C28H28FN3O2. The van der Waals surface area contributed by atoms with Crippen molar-refractivity contribution in [2.24, 2.45) is 0 Å². The van der Waals surface area contributed by atoms with Crippen molar-refractivity contribution in [1.29, 1.82) is 0 Å². The Hall–Kier alpha value is -3.93. The monoisotopic (exact) mass is 457 g/mol. The van der Waals surface area contributed by atoms with Crippen molar-refractivity contribution >= 4 is 5.91 Å². The van der Waals surface area contributed by atoms with Gasteiger partial charge in [0.1, 0.15) is 28.8 Å². The van der Waals surface area contributed by atoms with E-state index in [9.17, 15) is 9.18 Å². The second-order valence-corrected chi connectivity index (χ2v) is 8.18. The molecule has 0 bridgehead atoms. The maximum absolute atomic E-state index is 14.5. The molecule has 0 radical (unpaired) electrons. The number of nitrogens with one attached hydrogen (secondary N) is 1.